The molecule has 6 heteroatoms. The van der Waals surface area contributed by atoms with E-state index in [-0.39, 0.29) is 11.6 Å². The molecule has 1 unspecified atom stereocenters. The number of hydrogen-bond donors (Lipinski definition) is 2. The summed E-state index contributed by atoms with van der Waals surface area (Å²) in [5.41, 5.74) is 2.13. The van der Waals surface area contributed by atoms with Crippen molar-refractivity contribution in [3.63, 3.8) is 0 Å². The third-order valence-electron chi connectivity index (χ3n) is 5.85. The molecule has 1 atom stereocenters. The Bertz CT molecular complexity index is 837. The lowest BCUT2D eigenvalue weighted by atomic mass is 9.86. The molecular weight excluding hydrogens is 352 g/mol. The summed E-state index contributed by atoms with van der Waals surface area (Å²) in [6, 6.07) is 10.5. The van der Waals surface area contributed by atoms with E-state index >= 15 is 0 Å². The van der Waals surface area contributed by atoms with Crippen molar-refractivity contribution < 1.29 is 9.26 Å². The van der Waals surface area contributed by atoms with Crippen LogP contribution < -0.4 is 15.4 Å². The first-order chi connectivity index (χ1) is 13.6. The van der Waals surface area contributed by atoms with Gasteiger partial charge in [-0.3, -0.25) is 4.99 Å². The molecule has 6 nitrogen and oxygen atoms in total. The van der Waals surface area contributed by atoms with Gasteiger partial charge in [0.1, 0.15) is 11.4 Å². The largest absolute Gasteiger partial charge is 0.487 e. The minimum atomic E-state index is -0.0397. The third-order valence-corrected chi connectivity index (χ3v) is 5.85. The Hall–Kier alpha value is -2.50. The van der Waals surface area contributed by atoms with Crippen molar-refractivity contribution in [3.8, 4) is 5.75 Å². The molecule has 2 heterocycles. The number of nitrogens with one attached hydrogen (secondary N) is 2. The van der Waals surface area contributed by atoms with E-state index in [1.807, 2.05) is 12.1 Å². The number of hydrogen-bond acceptors (Lipinski definition) is 4. The van der Waals surface area contributed by atoms with Crippen LogP contribution in [0.1, 0.15) is 74.9 Å². The average molecular weight is 383 g/mol. The van der Waals surface area contributed by atoms with Crippen molar-refractivity contribution in [2.75, 3.05) is 7.05 Å². The average Bonchev–Trinajstić information content (AvgIpc) is 3.35. The maximum Gasteiger partial charge on any atom is 0.191 e. The Morgan fingerprint density at radius 1 is 1.29 bits per heavy atom. The zero-order chi connectivity index (χ0) is 19.6. The molecule has 0 amide bonds. The van der Waals surface area contributed by atoms with Gasteiger partial charge in [0.05, 0.1) is 18.3 Å². The summed E-state index contributed by atoms with van der Waals surface area (Å²) < 4.78 is 11.9. The summed E-state index contributed by atoms with van der Waals surface area (Å²) in [5, 5.41) is 11.1. The predicted octanol–water partition coefficient (Wildman–Crippen LogP) is 4.30. The van der Waals surface area contributed by atoms with E-state index in [0.29, 0.717) is 12.5 Å². The number of rotatable bonds is 4. The first kappa shape index (κ1) is 18.8. The molecule has 1 fully saturated rings. The fourth-order valence-electron chi connectivity index (χ4n) is 4.29. The number of nitrogens with zero attached hydrogens (tertiary/aromatic N) is 2. The maximum absolute atomic E-state index is 6.46. The topological polar surface area (TPSA) is 71.7 Å². The highest BCUT2D eigenvalue weighted by atomic mass is 16.5. The Balaban J connectivity index is 1.46. The second kappa shape index (κ2) is 7.86. The van der Waals surface area contributed by atoms with Crippen LogP contribution in [0.4, 0.5) is 0 Å². The molecule has 2 aliphatic rings. The van der Waals surface area contributed by atoms with E-state index < -0.39 is 0 Å². The number of benzene rings is 1. The van der Waals surface area contributed by atoms with Gasteiger partial charge in [-0.15, -0.1) is 0 Å². The predicted molar refractivity (Wildman–Crippen MR) is 110 cm³/mol. The van der Waals surface area contributed by atoms with E-state index in [1.165, 1.54) is 18.4 Å². The number of guanidine groups is 1. The van der Waals surface area contributed by atoms with Gasteiger partial charge in [0.2, 0.25) is 0 Å². The molecule has 28 heavy (non-hydrogen) atoms. The minimum Gasteiger partial charge on any atom is -0.487 e. The standard InChI is InChI=1S/C22H30N4O2/c1-15(2)18-12-16(28-26-18)14-24-21(23-3)25-19-13-22(10-6-7-11-22)27-20-9-5-4-8-17(19)20/h4-5,8-9,12,15,19H,6-7,10-11,13-14H2,1-3H3,(H2,23,24,25). The SMILES string of the molecule is CN=C(NCc1cc(C(C)C)no1)NC1CC2(CCCC2)Oc2ccccc21. The summed E-state index contributed by atoms with van der Waals surface area (Å²) in [4.78, 5) is 4.42. The van der Waals surface area contributed by atoms with Crippen molar-refractivity contribution >= 4 is 5.96 Å². The first-order valence-electron chi connectivity index (χ1n) is 10.3. The number of fused-ring (bicyclic) bond motifs is 1. The molecule has 0 bridgehead atoms. The Morgan fingerprint density at radius 3 is 2.79 bits per heavy atom. The van der Waals surface area contributed by atoms with E-state index in [9.17, 15) is 0 Å². The lowest BCUT2D eigenvalue weighted by molar-refractivity contribution is 0.0396. The van der Waals surface area contributed by atoms with Gasteiger partial charge in [-0.1, -0.05) is 37.2 Å². The lowest BCUT2D eigenvalue weighted by Crippen LogP contribution is -2.46. The molecule has 1 spiro atoms. The van der Waals surface area contributed by atoms with Gasteiger partial charge in [-0.25, -0.2) is 0 Å². The van der Waals surface area contributed by atoms with Crippen LogP contribution in [-0.4, -0.2) is 23.8 Å². The Kier molecular flexibility index (Phi) is 5.29. The third kappa shape index (κ3) is 3.86. The van der Waals surface area contributed by atoms with Gasteiger partial charge in [0.25, 0.3) is 0 Å². The molecule has 0 saturated heterocycles. The molecule has 1 aromatic heterocycles. The van der Waals surface area contributed by atoms with Crippen LogP contribution in [0.2, 0.25) is 0 Å². The van der Waals surface area contributed by atoms with Crippen molar-refractivity contribution in [1.29, 1.82) is 0 Å². The summed E-state index contributed by atoms with van der Waals surface area (Å²) in [6.07, 6.45) is 5.70. The fourth-order valence-corrected chi connectivity index (χ4v) is 4.29. The second-order valence-electron chi connectivity index (χ2n) is 8.23. The zero-order valence-electron chi connectivity index (χ0n) is 17.0. The van der Waals surface area contributed by atoms with Crippen molar-refractivity contribution in [2.45, 2.75) is 70.1 Å². The molecule has 1 aliphatic heterocycles. The Labute approximate surface area is 166 Å². The highest BCUT2D eigenvalue weighted by molar-refractivity contribution is 5.80. The van der Waals surface area contributed by atoms with Crippen LogP contribution >= 0.6 is 0 Å². The smallest absolute Gasteiger partial charge is 0.191 e. The van der Waals surface area contributed by atoms with Gasteiger partial charge >= 0.3 is 0 Å². The van der Waals surface area contributed by atoms with Gasteiger partial charge in [0.15, 0.2) is 11.7 Å². The molecule has 1 aromatic carbocycles. The van der Waals surface area contributed by atoms with Crippen LogP contribution in [0.5, 0.6) is 5.75 Å². The molecule has 0 radical (unpaired) electrons. The molecule has 2 aromatic rings. The second-order valence-corrected chi connectivity index (χ2v) is 8.23. The van der Waals surface area contributed by atoms with Crippen LogP contribution in [0, 0.1) is 0 Å². The van der Waals surface area contributed by atoms with Crippen LogP contribution in [0.3, 0.4) is 0 Å². The summed E-state index contributed by atoms with van der Waals surface area (Å²) in [6.45, 7) is 4.77. The van der Waals surface area contributed by atoms with E-state index in [0.717, 1.165) is 42.4 Å². The molecule has 1 saturated carbocycles. The quantitative estimate of drug-likeness (QED) is 0.609. The molecule has 150 valence electrons. The highest BCUT2D eigenvalue weighted by Gasteiger charge is 2.43. The van der Waals surface area contributed by atoms with Crippen molar-refractivity contribution in [2.24, 2.45) is 4.99 Å². The monoisotopic (exact) mass is 382 g/mol. The van der Waals surface area contributed by atoms with Crippen molar-refractivity contribution in [1.82, 2.24) is 15.8 Å². The maximum atomic E-state index is 6.46. The summed E-state index contributed by atoms with van der Waals surface area (Å²) in [7, 11) is 1.80. The van der Waals surface area contributed by atoms with Crippen LogP contribution in [0.25, 0.3) is 0 Å². The number of para-hydroxylation sites is 1. The van der Waals surface area contributed by atoms with E-state index in [4.69, 9.17) is 9.26 Å². The zero-order valence-corrected chi connectivity index (χ0v) is 17.0. The van der Waals surface area contributed by atoms with Gasteiger partial charge in [-0.05, 0) is 37.7 Å². The first-order valence-corrected chi connectivity index (χ1v) is 10.3. The minimum absolute atomic E-state index is 0.0397. The highest BCUT2D eigenvalue weighted by Crippen LogP contribution is 2.46. The van der Waals surface area contributed by atoms with E-state index in [2.05, 4.69) is 52.8 Å². The number of aromatic nitrogens is 1. The molecule has 4 rings (SSSR count). The van der Waals surface area contributed by atoms with Gasteiger partial charge in [-0.2, -0.15) is 0 Å². The number of ether oxygens (including phenoxy) is 1. The normalized spacial score (nSPS) is 20.9. The van der Waals surface area contributed by atoms with Crippen LogP contribution in [0.15, 0.2) is 39.8 Å². The summed E-state index contributed by atoms with van der Waals surface area (Å²) in [5.74, 6) is 2.93. The summed E-state index contributed by atoms with van der Waals surface area (Å²) >= 11 is 0. The van der Waals surface area contributed by atoms with Crippen molar-refractivity contribution in [3.05, 3.63) is 47.3 Å². The fraction of sp³-hybridized carbons (Fsp3) is 0.545. The van der Waals surface area contributed by atoms with Gasteiger partial charge < -0.3 is 19.9 Å². The lowest BCUT2D eigenvalue weighted by Gasteiger charge is -2.40. The van der Waals surface area contributed by atoms with E-state index in [1.54, 1.807) is 7.05 Å². The molecular formula is C22H30N4O2. The van der Waals surface area contributed by atoms with Crippen LogP contribution in [-0.2, 0) is 6.54 Å². The number of aliphatic imine (C=N–C) groups is 1. The molecule has 2 N–H and O–H groups in total. The van der Waals surface area contributed by atoms with Gasteiger partial charge in [0, 0.05) is 25.1 Å². The Morgan fingerprint density at radius 2 is 2.07 bits per heavy atom. The molecule has 1 aliphatic carbocycles.